The van der Waals surface area contributed by atoms with E-state index in [4.69, 9.17) is 21.4 Å². The highest BCUT2D eigenvalue weighted by Gasteiger charge is 2.11. The van der Waals surface area contributed by atoms with Gasteiger partial charge in [-0.2, -0.15) is 0 Å². The summed E-state index contributed by atoms with van der Waals surface area (Å²) in [5, 5.41) is 12.8. The van der Waals surface area contributed by atoms with Crippen molar-refractivity contribution in [3.8, 4) is 5.75 Å². The molecular formula is C13H20ClNO2. The zero-order valence-corrected chi connectivity index (χ0v) is 11.4. The van der Waals surface area contributed by atoms with Crippen molar-refractivity contribution in [3.63, 3.8) is 0 Å². The fourth-order valence-electron chi connectivity index (χ4n) is 1.75. The number of hydrogen-bond acceptors (Lipinski definition) is 3. The van der Waals surface area contributed by atoms with Gasteiger partial charge >= 0.3 is 0 Å². The van der Waals surface area contributed by atoms with E-state index in [9.17, 15) is 0 Å². The van der Waals surface area contributed by atoms with E-state index in [2.05, 4.69) is 5.32 Å². The van der Waals surface area contributed by atoms with Crippen LogP contribution in [0, 0.1) is 13.8 Å². The van der Waals surface area contributed by atoms with E-state index in [1.165, 1.54) is 0 Å². The Morgan fingerprint density at radius 2 is 2.06 bits per heavy atom. The van der Waals surface area contributed by atoms with Crippen LogP contribution in [0.4, 0.5) is 5.69 Å². The Balaban J connectivity index is 2.85. The Bertz CT molecular complexity index is 380. The molecule has 0 aliphatic rings. The molecule has 1 rings (SSSR count). The summed E-state index contributed by atoms with van der Waals surface area (Å²) < 4.78 is 5.35. The monoisotopic (exact) mass is 257 g/mol. The molecule has 4 heteroatoms. The van der Waals surface area contributed by atoms with Crippen molar-refractivity contribution in [1.29, 1.82) is 0 Å². The molecule has 0 saturated carbocycles. The number of anilines is 1. The molecule has 0 unspecified atom stereocenters. The van der Waals surface area contributed by atoms with Crippen LogP contribution in [-0.2, 0) is 0 Å². The lowest BCUT2D eigenvalue weighted by molar-refractivity contribution is 0.286. The third kappa shape index (κ3) is 3.51. The summed E-state index contributed by atoms with van der Waals surface area (Å²) in [4.78, 5) is 0. The van der Waals surface area contributed by atoms with Gasteiger partial charge in [-0.05, 0) is 43.9 Å². The average molecular weight is 258 g/mol. The first-order valence-electron chi connectivity index (χ1n) is 5.80. The highest BCUT2D eigenvalue weighted by molar-refractivity contribution is 6.32. The molecule has 0 radical (unpaired) electrons. The second kappa shape index (κ2) is 6.72. The molecule has 2 N–H and O–H groups in total. The van der Waals surface area contributed by atoms with Crippen LogP contribution in [0.25, 0.3) is 0 Å². The lowest BCUT2D eigenvalue weighted by atomic mass is 10.1. The Kier molecular flexibility index (Phi) is 5.59. The van der Waals surface area contributed by atoms with E-state index in [0.717, 1.165) is 47.0 Å². The Hall–Kier alpha value is -0.930. The summed E-state index contributed by atoms with van der Waals surface area (Å²) in [5.74, 6) is 0.813. The molecule has 0 saturated heterocycles. The largest absolute Gasteiger partial charge is 0.495 e. The smallest absolute Gasteiger partial charge is 0.142 e. The van der Waals surface area contributed by atoms with Crippen molar-refractivity contribution in [1.82, 2.24) is 0 Å². The van der Waals surface area contributed by atoms with E-state index in [1.54, 1.807) is 7.11 Å². The van der Waals surface area contributed by atoms with Crippen molar-refractivity contribution >= 4 is 17.3 Å². The topological polar surface area (TPSA) is 41.5 Å². The SMILES string of the molecule is COc1cc(C)c(Cl)c(C)c1NCCCCO. The van der Waals surface area contributed by atoms with Crippen LogP contribution in [0.3, 0.4) is 0 Å². The second-order valence-electron chi connectivity index (χ2n) is 4.07. The zero-order valence-electron chi connectivity index (χ0n) is 10.6. The van der Waals surface area contributed by atoms with Crippen LogP contribution in [0.5, 0.6) is 5.75 Å². The fourth-order valence-corrected chi connectivity index (χ4v) is 1.90. The van der Waals surface area contributed by atoms with Gasteiger partial charge in [0.25, 0.3) is 0 Å². The highest BCUT2D eigenvalue weighted by Crippen LogP contribution is 2.35. The van der Waals surface area contributed by atoms with Crippen molar-refractivity contribution in [2.24, 2.45) is 0 Å². The summed E-state index contributed by atoms with van der Waals surface area (Å²) in [6.07, 6.45) is 1.72. The zero-order chi connectivity index (χ0) is 12.8. The quantitative estimate of drug-likeness (QED) is 0.770. The van der Waals surface area contributed by atoms with Gasteiger partial charge in [-0.15, -0.1) is 0 Å². The van der Waals surface area contributed by atoms with Crippen LogP contribution in [-0.4, -0.2) is 25.4 Å². The van der Waals surface area contributed by atoms with Gasteiger partial charge in [0.05, 0.1) is 12.8 Å². The normalized spacial score (nSPS) is 10.4. The number of aryl methyl sites for hydroxylation is 1. The molecule has 0 fully saturated rings. The Morgan fingerprint density at radius 1 is 1.35 bits per heavy atom. The minimum atomic E-state index is 0.229. The minimum absolute atomic E-state index is 0.229. The van der Waals surface area contributed by atoms with Gasteiger partial charge in [-0.1, -0.05) is 11.6 Å². The molecule has 17 heavy (non-hydrogen) atoms. The molecule has 0 atom stereocenters. The van der Waals surface area contributed by atoms with Gasteiger partial charge in [-0.3, -0.25) is 0 Å². The van der Waals surface area contributed by atoms with E-state index in [0.29, 0.717) is 0 Å². The summed E-state index contributed by atoms with van der Waals surface area (Å²) in [7, 11) is 1.65. The van der Waals surface area contributed by atoms with Gasteiger partial charge in [0, 0.05) is 18.2 Å². The van der Waals surface area contributed by atoms with Crippen LogP contribution in [0.2, 0.25) is 5.02 Å². The van der Waals surface area contributed by atoms with Gasteiger partial charge in [0.2, 0.25) is 0 Å². The number of rotatable bonds is 6. The van der Waals surface area contributed by atoms with Gasteiger partial charge < -0.3 is 15.2 Å². The number of methoxy groups -OCH3 is 1. The van der Waals surface area contributed by atoms with Crippen molar-refractivity contribution in [3.05, 3.63) is 22.2 Å². The molecule has 0 aromatic heterocycles. The third-order valence-electron chi connectivity index (χ3n) is 2.75. The summed E-state index contributed by atoms with van der Waals surface area (Å²) in [6, 6.07) is 1.93. The lowest BCUT2D eigenvalue weighted by Gasteiger charge is -2.16. The molecular weight excluding hydrogens is 238 g/mol. The minimum Gasteiger partial charge on any atom is -0.495 e. The predicted molar refractivity (Wildman–Crippen MR) is 72.3 cm³/mol. The molecule has 0 spiro atoms. The number of aliphatic hydroxyl groups excluding tert-OH is 1. The molecule has 96 valence electrons. The summed E-state index contributed by atoms with van der Waals surface area (Å²) in [5.41, 5.74) is 2.97. The number of nitrogens with one attached hydrogen (secondary N) is 1. The van der Waals surface area contributed by atoms with Crippen LogP contribution < -0.4 is 10.1 Å². The van der Waals surface area contributed by atoms with Gasteiger partial charge in [-0.25, -0.2) is 0 Å². The molecule has 0 aliphatic carbocycles. The third-order valence-corrected chi connectivity index (χ3v) is 3.33. The van der Waals surface area contributed by atoms with Crippen LogP contribution in [0.1, 0.15) is 24.0 Å². The maximum absolute atomic E-state index is 8.73. The fraction of sp³-hybridized carbons (Fsp3) is 0.538. The molecule has 0 aliphatic heterocycles. The standard InChI is InChI=1S/C13H20ClNO2/c1-9-8-11(17-3)13(10(2)12(9)14)15-6-4-5-7-16/h8,15-16H,4-7H2,1-3H3. The summed E-state index contributed by atoms with van der Waals surface area (Å²) in [6.45, 7) is 4.98. The van der Waals surface area contributed by atoms with E-state index < -0.39 is 0 Å². The molecule has 1 aromatic carbocycles. The van der Waals surface area contributed by atoms with Crippen LogP contribution in [0.15, 0.2) is 6.07 Å². The number of hydrogen-bond donors (Lipinski definition) is 2. The average Bonchev–Trinajstić information content (AvgIpc) is 2.33. The van der Waals surface area contributed by atoms with E-state index in [1.807, 2.05) is 19.9 Å². The number of unbranched alkanes of at least 4 members (excludes halogenated alkanes) is 1. The van der Waals surface area contributed by atoms with Gasteiger partial charge in [0.15, 0.2) is 0 Å². The highest BCUT2D eigenvalue weighted by atomic mass is 35.5. The summed E-state index contributed by atoms with van der Waals surface area (Å²) >= 11 is 6.22. The first-order chi connectivity index (χ1) is 8.11. The number of halogens is 1. The van der Waals surface area contributed by atoms with Crippen molar-refractivity contribution in [2.45, 2.75) is 26.7 Å². The first-order valence-corrected chi connectivity index (χ1v) is 6.18. The van der Waals surface area contributed by atoms with E-state index >= 15 is 0 Å². The molecule has 3 nitrogen and oxygen atoms in total. The predicted octanol–water partition coefficient (Wildman–Crippen LogP) is 3.15. The molecule has 0 bridgehead atoms. The molecule has 0 amide bonds. The number of aliphatic hydroxyl groups is 1. The van der Waals surface area contributed by atoms with E-state index in [-0.39, 0.29) is 6.61 Å². The lowest BCUT2D eigenvalue weighted by Crippen LogP contribution is -2.06. The number of benzene rings is 1. The Labute approximate surface area is 108 Å². The second-order valence-corrected chi connectivity index (χ2v) is 4.45. The van der Waals surface area contributed by atoms with Crippen LogP contribution >= 0.6 is 11.6 Å². The maximum Gasteiger partial charge on any atom is 0.142 e. The van der Waals surface area contributed by atoms with Crippen molar-refractivity contribution < 1.29 is 9.84 Å². The molecule has 1 aromatic rings. The van der Waals surface area contributed by atoms with Crippen molar-refractivity contribution in [2.75, 3.05) is 25.6 Å². The first kappa shape index (κ1) is 14.1. The van der Waals surface area contributed by atoms with Gasteiger partial charge in [0.1, 0.15) is 5.75 Å². The maximum atomic E-state index is 8.73. The number of ether oxygens (including phenoxy) is 1. The Morgan fingerprint density at radius 3 is 2.65 bits per heavy atom. The molecule has 0 heterocycles.